The number of aryl methyl sites for hydroxylation is 1. The third kappa shape index (κ3) is 6.13. The van der Waals surface area contributed by atoms with Crippen LogP contribution in [0.15, 0.2) is 30.6 Å². The van der Waals surface area contributed by atoms with Crippen LogP contribution in [0.5, 0.6) is 5.88 Å². The zero-order valence-electron chi connectivity index (χ0n) is 21.1. The molecular weight excluding hydrogens is 490 g/mol. The predicted octanol–water partition coefficient (Wildman–Crippen LogP) is 2.15. The van der Waals surface area contributed by atoms with E-state index in [9.17, 15) is 8.42 Å². The van der Waals surface area contributed by atoms with E-state index in [1.807, 2.05) is 6.92 Å². The van der Waals surface area contributed by atoms with E-state index in [-0.39, 0.29) is 17.6 Å². The number of sulfonamides is 1. The maximum Gasteiger partial charge on any atom is 0.240 e. The van der Waals surface area contributed by atoms with Crippen LogP contribution in [0.1, 0.15) is 37.1 Å². The molecule has 0 aliphatic carbocycles. The van der Waals surface area contributed by atoms with Crippen LogP contribution in [-0.4, -0.2) is 78.4 Å². The molecule has 36 heavy (non-hydrogen) atoms. The highest BCUT2D eigenvalue weighted by Gasteiger charge is 2.35. The highest BCUT2D eigenvalue weighted by atomic mass is 32.2. The van der Waals surface area contributed by atoms with Gasteiger partial charge in [0.2, 0.25) is 21.9 Å². The largest absolute Gasteiger partial charge is 0.481 e. The van der Waals surface area contributed by atoms with Crippen molar-refractivity contribution < 1.29 is 27.4 Å². The van der Waals surface area contributed by atoms with Crippen molar-refractivity contribution >= 4 is 16.0 Å². The van der Waals surface area contributed by atoms with Gasteiger partial charge < -0.3 is 18.9 Å². The van der Waals surface area contributed by atoms with Gasteiger partial charge >= 0.3 is 0 Å². The number of methoxy groups -OCH3 is 4. The van der Waals surface area contributed by atoms with Gasteiger partial charge in [0.05, 0.1) is 13.7 Å². The molecule has 0 amide bonds. The van der Waals surface area contributed by atoms with Crippen LogP contribution >= 0.6 is 0 Å². The number of nitrogens with one attached hydrogen (secondary N) is 1. The van der Waals surface area contributed by atoms with Crippen LogP contribution in [0.2, 0.25) is 0 Å². The number of hydrogen-bond donors (Lipinski definition) is 1. The van der Waals surface area contributed by atoms with Gasteiger partial charge in [0.25, 0.3) is 0 Å². The Morgan fingerprint density at radius 2 is 1.78 bits per heavy atom. The van der Waals surface area contributed by atoms with Gasteiger partial charge in [0.15, 0.2) is 11.6 Å². The third-order valence-electron chi connectivity index (χ3n) is 5.45. The SMILES string of the molecule is COCCC(OC)n1c(NS(=O)(=O)[C@@H](C)[C@H](OC)c2ncc(C)cn2)nnc1-c1cccc(OC)n1. The van der Waals surface area contributed by atoms with Crippen LogP contribution in [0.3, 0.4) is 0 Å². The van der Waals surface area contributed by atoms with E-state index in [1.165, 1.54) is 32.8 Å². The number of hydrogen-bond acceptors (Lipinski definition) is 11. The molecule has 3 aromatic heterocycles. The number of nitrogens with zero attached hydrogens (tertiary/aromatic N) is 6. The first kappa shape index (κ1) is 27.4. The summed E-state index contributed by atoms with van der Waals surface area (Å²) in [5, 5.41) is 7.24. The Labute approximate surface area is 210 Å². The van der Waals surface area contributed by atoms with Gasteiger partial charge in [-0.3, -0.25) is 9.29 Å². The Morgan fingerprint density at radius 1 is 1.06 bits per heavy atom. The second-order valence-corrected chi connectivity index (χ2v) is 9.92. The van der Waals surface area contributed by atoms with E-state index >= 15 is 0 Å². The van der Waals surface area contributed by atoms with Crippen molar-refractivity contribution in [2.75, 3.05) is 39.8 Å². The summed E-state index contributed by atoms with van der Waals surface area (Å²) < 4.78 is 52.5. The molecule has 3 aromatic rings. The molecule has 0 aliphatic rings. The van der Waals surface area contributed by atoms with E-state index in [0.717, 1.165) is 5.56 Å². The molecule has 1 unspecified atom stereocenters. The van der Waals surface area contributed by atoms with E-state index in [0.29, 0.717) is 24.6 Å². The standard InChI is InChI=1S/C22H31N7O6S/c1-14-12-23-20(24-13-14)19(35-6)15(2)36(30,31)28-22-27-26-21(16-8-7-9-17(25-16)33-4)29(22)18(34-5)10-11-32-3/h7-9,12-13,15,18-19H,10-11H2,1-6H3,(H,27,28)/t15-,18?,19-/m0/s1. The monoisotopic (exact) mass is 521 g/mol. The molecule has 0 aliphatic heterocycles. The highest BCUT2D eigenvalue weighted by Crippen LogP contribution is 2.30. The Bertz CT molecular complexity index is 1240. The molecular formula is C22H31N7O6S. The van der Waals surface area contributed by atoms with Crippen molar-refractivity contribution in [1.82, 2.24) is 29.7 Å². The molecule has 0 saturated heterocycles. The minimum atomic E-state index is -4.06. The molecule has 14 heteroatoms. The predicted molar refractivity (Wildman–Crippen MR) is 131 cm³/mol. The Hall–Kier alpha value is -3.20. The number of ether oxygens (including phenoxy) is 4. The second kappa shape index (κ2) is 12.2. The van der Waals surface area contributed by atoms with Crippen LogP contribution in [0.4, 0.5) is 5.95 Å². The number of pyridine rings is 1. The minimum absolute atomic E-state index is 0.0518. The maximum atomic E-state index is 13.4. The molecule has 3 rings (SSSR count). The smallest absolute Gasteiger partial charge is 0.240 e. The molecule has 3 heterocycles. The summed E-state index contributed by atoms with van der Waals surface area (Å²) in [7, 11) is 1.90. The van der Waals surface area contributed by atoms with Crippen LogP contribution < -0.4 is 9.46 Å². The van der Waals surface area contributed by atoms with Crippen molar-refractivity contribution in [3.8, 4) is 17.4 Å². The summed E-state index contributed by atoms with van der Waals surface area (Å²) in [5.74, 6) is 0.847. The fraction of sp³-hybridized carbons (Fsp3) is 0.500. The van der Waals surface area contributed by atoms with Crippen molar-refractivity contribution in [3.63, 3.8) is 0 Å². The average Bonchev–Trinajstić information content (AvgIpc) is 3.28. The van der Waals surface area contributed by atoms with Crippen LogP contribution in [0.25, 0.3) is 11.5 Å². The van der Waals surface area contributed by atoms with Gasteiger partial charge in [-0.2, -0.15) is 0 Å². The van der Waals surface area contributed by atoms with E-state index in [2.05, 4.69) is 29.9 Å². The van der Waals surface area contributed by atoms with Gasteiger partial charge in [-0.25, -0.2) is 23.4 Å². The lowest BCUT2D eigenvalue weighted by Crippen LogP contribution is -2.34. The second-order valence-electron chi connectivity index (χ2n) is 7.88. The molecule has 0 aromatic carbocycles. The zero-order valence-corrected chi connectivity index (χ0v) is 21.9. The fourth-order valence-electron chi connectivity index (χ4n) is 3.47. The lowest BCUT2D eigenvalue weighted by molar-refractivity contribution is 0.0189. The molecule has 0 bridgehead atoms. The van der Waals surface area contributed by atoms with Gasteiger partial charge in [-0.1, -0.05) is 6.07 Å². The van der Waals surface area contributed by atoms with Gasteiger partial charge in [0, 0.05) is 46.2 Å². The normalized spacial score (nSPS) is 14.3. The number of aromatic nitrogens is 6. The van der Waals surface area contributed by atoms with Gasteiger partial charge in [-0.05, 0) is 25.5 Å². The van der Waals surface area contributed by atoms with Crippen LogP contribution in [-0.2, 0) is 24.2 Å². The van der Waals surface area contributed by atoms with Gasteiger partial charge in [0.1, 0.15) is 23.3 Å². The fourth-order valence-corrected chi connectivity index (χ4v) is 4.61. The summed E-state index contributed by atoms with van der Waals surface area (Å²) in [4.78, 5) is 12.9. The van der Waals surface area contributed by atoms with Crippen molar-refractivity contribution in [3.05, 3.63) is 42.0 Å². The van der Waals surface area contributed by atoms with Crippen molar-refractivity contribution in [1.29, 1.82) is 0 Å². The molecule has 0 fully saturated rings. The van der Waals surface area contributed by atoms with Crippen LogP contribution in [0, 0.1) is 6.92 Å². The van der Waals surface area contributed by atoms with Gasteiger partial charge in [-0.15, -0.1) is 10.2 Å². The van der Waals surface area contributed by atoms with E-state index < -0.39 is 27.6 Å². The van der Waals surface area contributed by atoms with E-state index in [1.54, 1.807) is 37.7 Å². The first-order valence-corrected chi connectivity index (χ1v) is 12.6. The number of rotatable bonds is 13. The molecule has 3 atom stereocenters. The summed E-state index contributed by atoms with van der Waals surface area (Å²) >= 11 is 0. The average molecular weight is 522 g/mol. The molecule has 1 N–H and O–H groups in total. The molecule has 0 spiro atoms. The summed E-state index contributed by atoms with van der Waals surface area (Å²) in [6.45, 7) is 3.69. The Kier molecular flexibility index (Phi) is 9.25. The summed E-state index contributed by atoms with van der Waals surface area (Å²) in [6.07, 6.45) is 2.01. The first-order valence-electron chi connectivity index (χ1n) is 11.1. The third-order valence-corrected chi connectivity index (χ3v) is 7.14. The van der Waals surface area contributed by atoms with E-state index in [4.69, 9.17) is 18.9 Å². The lowest BCUT2D eigenvalue weighted by Gasteiger charge is -2.24. The summed E-state index contributed by atoms with van der Waals surface area (Å²) in [6, 6.07) is 5.14. The highest BCUT2D eigenvalue weighted by molar-refractivity contribution is 7.93. The topological polar surface area (TPSA) is 152 Å². The molecule has 196 valence electrons. The Balaban J connectivity index is 2.01. The molecule has 13 nitrogen and oxygen atoms in total. The lowest BCUT2D eigenvalue weighted by atomic mass is 10.2. The quantitative estimate of drug-likeness (QED) is 0.352. The van der Waals surface area contributed by atoms with Crippen molar-refractivity contribution in [2.45, 2.75) is 37.9 Å². The zero-order chi connectivity index (χ0) is 26.3. The molecule has 0 radical (unpaired) electrons. The first-order chi connectivity index (χ1) is 17.2. The Morgan fingerprint density at radius 3 is 2.39 bits per heavy atom. The number of anilines is 1. The summed E-state index contributed by atoms with van der Waals surface area (Å²) in [5.41, 5.74) is 1.26. The van der Waals surface area contributed by atoms with Crippen molar-refractivity contribution in [2.24, 2.45) is 0 Å². The minimum Gasteiger partial charge on any atom is -0.481 e. The molecule has 0 saturated carbocycles. The maximum absolute atomic E-state index is 13.4.